The fourth-order valence-electron chi connectivity index (χ4n) is 3.32. The van der Waals surface area contributed by atoms with Crippen molar-refractivity contribution in [3.63, 3.8) is 0 Å². The van der Waals surface area contributed by atoms with Gasteiger partial charge in [0.1, 0.15) is 5.69 Å². The Labute approximate surface area is 175 Å². The van der Waals surface area contributed by atoms with E-state index in [-0.39, 0.29) is 6.04 Å². The van der Waals surface area contributed by atoms with Crippen molar-refractivity contribution < 1.29 is 8.42 Å². The molecule has 4 aromatic rings. The Kier molecular flexibility index (Phi) is 5.22. The van der Waals surface area contributed by atoms with E-state index in [0.29, 0.717) is 4.90 Å². The fourth-order valence-corrected chi connectivity index (χ4v) is 3.95. The monoisotopic (exact) mass is 418 g/mol. The molecule has 1 N–H and O–H groups in total. The summed E-state index contributed by atoms with van der Waals surface area (Å²) in [5.41, 5.74) is 5.20. The molecular formula is C23H22N4O2S. The van der Waals surface area contributed by atoms with Gasteiger partial charge < -0.3 is 5.32 Å². The summed E-state index contributed by atoms with van der Waals surface area (Å²) in [5.74, 6) is 0. The van der Waals surface area contributed by atoms with E-state index in [1.54, 1.807) is 24.5 Å². The summed E-state index contributed by atoms with van der Waals surface area (Å²) in [5, 5.41) is 13.4. The zero-order chi connectivity index (χ0) is 21.3. The van der Waals surface area contributed by atoms with Gasteiger partial charge in [0, 0.05) is 35.6 Å². The molecular weight excluding hydrogens is 396 g/mol. The predicted molar refractivity (Wildman–Crippen MR) is 120 cm³/mol. The van der Waals surface area contributed by atoms with Crippen LogP contribution in [0.15, 0.2) is 71.9 Å². The lowest BCUT2D eigenvalue weighted by Gasteiger charge is -2.16. The lowest BCUT2D eigenvalue weighted by atomic mass is 10.0. The highest BCUT2D eigenvalue weighted by molar-refractivity contribution is 7.90. The maximum atomic E-state index is 11.7. The number of anilines is 1. The molecule has 4 rings (SSSR count). The molecule has 0 spiro atoms. The summed E-state index contributed by atoms with van der Waals surface area (Å²) in [6, 6.07) is 16.9. The maximum Gasteiger partial charge on any atom is 0.175 e. The minimum absolute atomic E-state index is 0.219. The molecule has 0 aliphatic heterocycles. The lowest BCUT2D eigenvalue weighted by Crippen LogP contribution is -2.12. The molecule has 0 saturated carbocycles. The summed E-state index contributed by atoms with van der Waals surface area (Å²) in [7, 11) is -3.22. The summed E-state index contributed by atoms with van der Waals surface area (Å²) in [6.45, 7) is 4.16. The van der Waals surface area contributed by atoms with Gasteiger partial charge in [-0.25, -0.2) is 8.42 Å². The molecule has 30 heavy (non-hydrogen) atoms. The number of aromatic nitrogens is 3. The summed E-state index contributed by atoms with van der Waals surface area (Å²) >= 11 is 0. The van der Waals surface area contributed by atoms with Gasteiger partial charge in [-0.15, -0.1) is 10.2 Å². The predicted octanol–water partition coefficient (Wildman–Crippen LogP) is 4.58. The SMILES string of the molecule is CC(C)Nc1c(-c2cccnc2)nnc2cc(-c3ccc(S(C)(=O)=O)cc3)ccc12. The highest BCUT2D eigenvalue weighted by Crippen LogP contribution is 2.34. The van der Waals surface area contributed by atoms with E-state index in [2.05, 4.69) is 34.3 Å². The number of pyridine rings is 1. The average Bonchev–Trinajstić information content (AvgIpc) is 2.73. The number of sulfone groups is 1. The standard InChI is InChI=1S/C23H22N4O2S/c1-15(2)25-23-20-11-8-17(16-6-9-19(10-7-16)30(3,28)29)13-21(20)26-27-22(23)18-5-4-12-24-14-18/h4-15H,1-3H3,(H,25,26). The first-order valence-electron chi connectivity index (χ1n) is 9.61. The molecule has 2 aromatic carbocycles. The van der Waals surface area contributed by atoms with Gasteiger partial charge in [0.25, 0.3) is 0 Å². The molecule has 0 fully saturated rings. The van der Waals surface area contributed by atoms with E-state index in [1.165, 1.54) is 6.26 Å². The molecule has 0 amide bonds. The highest BCUT2D eigenvalue weighted by Gasteiger charge is 2.15. The quantitative estimate of drug-likeness (QED) is 0.511. The molecule has 0 aliphatic rings. The first-order chi connectivity index (χ1) is 14.3. The number of benzene rings is 2. The fraction of sp³-hybridized carbons (Fsp3) is 0.174. The number of nitrogens with zero attached hydrogens (tertiary/aromatic N) is 3. The summed E-state index contributed by atoms with van der Waals surface area (Å²) in [6.07, 6.45) is 4.71. The first kappa shape index (κ1) is 20.0. The topological polar surface area (TPSA) is 84.8 Å². The average molecular weight is 419 g/mol. The molecule has 0 radical (unpaired) electrons. The summed E-state index contributed by atoms with van der Waals surface area (Å²) in [4.78, 5) is 4.50. The number of hydrogen-bond donors (Lipinski definition) is 1. The molecule has 6 nitrogen and oxygen atoms in total. The molecule has 0 aliphatic carbocycles. The van der Waals surface area contributed by atoms with Crippen LogP contribution in [0.25, 0.3) is 33.3 Å². The van der Waals surface area contributed by atoms with Crippen molar-refractivity contribution in [3.8, 4) is 22.4 Å². The van der Waals surface area contributed by atoms with Gasteiger partial charge in [-0.2, -0.15) is 0 Å². The minimum atomic E-state index is -3.22. The van der Waals surface area contributed by atoms with Crippen LogP contribution in [0.1, 0.15) is 13.8 Å². The van der Waals surface area contributed by atoms with Gasteiger partial charge in [0.15, 0.2) is 9.84 Å². The van der Waals surface area contributed by atoms with E-state index in [1.807, 2.05) is 42.5 Å². The van der Waals surface area contributed by atoms with Crippen LogP contribution in [0.3, 0.4) is 0 Å². The Morgan fingerprint density at radius 2 is 1.63 bits per heavy atom. The molecule has 0 unspecified atom stereocenters. The van der Waals surface area contributed by atoms with Crippen LogP contribution in [0.2, 0.25) is 0 Å². The second-order valence-corrected chi connectivity index (χ2v) is 9.51. The molecule has 0 saturated heterocycles. The van der Waals surface area contributed by atoms with Crippen molar-refractivity contribution in [2.45, 2.75) is 24.8 Å². The Morgan fingerprint density at radius 3 is 2.27 bits per heavy atom. The van der Waals surface area contributed by atoms with E-state index in [9.17, 15) is 8.42 Å². The second kappa shape index (κ2) is 7.84. The van der Waals surface area contributed by atoms with Crippen molar-refractivity contribution >= 4 is 26.4 Å². The maximum absolute atomic E-state index is 11.7. The Morgan fingerprint density at radius 1 is 0.900 bits per heavy atom. The molecule has 7 heteroatoms. The number of hydrogen-bond acceptors (Lipinski definition) is 6. The van der Waals surface area contributed by atoms with Gasteiger partial charge in [-0.1, -0.05) is 18.2 Å². The number of fused-ring (bicyclic) bond motifs is 1. The highest BCUT2D eigenvalue weighted by atomic mass is 32.2. The smallest absolute Gasteiger partial charge is 0.175 e. The molecule has 0 bridgehead atoms. The third kappa shape index (κ3) is 4.02. The van der Waals surface area contributed by atoms with Crippen molar-refractivity contribution in [2.75, 3.05) is 11.6 Å². The van der Waals surface area contributed by atoms with Crippen LogP contribution < -0.4 is 5.32 Å². The van der Waals surface area contributed by atoms with Gasteiger partial charge in [-0.05, 0) is 61.4 Å². The molecule has 0 atom stereocenters. The molecule has 2 aromatic heterocycles. The van der Waals surface area contributed by atoms with E-state index in [4.69, 9.17) is 0 Å². The normalized spacial score (nSPS) is 11.7. The van der Waals surface area contributed by atoms with Crippen LogP contribution >= 0.6 is 0 Å². The zero-order valence-corrected chi connectivity index (χ0v) is 17.8. The first-order valence-corrected chi connectivity index (χ1v) is 11.5. The van der Waals surface area contributed by atoms with Crippen molar-refractivity contribution in [3.05, 3.63) is 67.0 Å². The Hall–Kier alpha value is -3.32. The van der Waals surface area contributed by atoms with Crippen molar-refractivity contribution in [1.82, 2.24) is 15.2 Å². The zero-order valence-electron chi connectivity index (χ0n) is 17.0. The van der Waals surface area contributed by atoms with Crippen LogP contribution in [-0.4, -0.2) is 35.9 Å². The Bertz CT molecular complexity index is 1300. The van der Waals surface area contributed by atoms with E-state index >= 15 is 0 Å². The van der Waals surface area contributed by atoms with E-state index in [0.717, 1.165) is 39.0 Å². The van der Waals surface area contributed by atoms with Gasteiger partial charge in [-0.3, -0.25) is 4.98 Å². The van der Waals surface area contributed by atoms with Crippen LogP contribution in [0.5, 0.6) is 0 Å². The summed E-state index contributed by atoms with van der Waals surface area (Å²) < 4.78 is 23.4. The third-order valence-corrected chi connectivity index (χ3v) is 5.87. The Balaban J connectivity index is 1.82. The van der Waals surface area contributed by atoms with Gasteiger partial charge in [0.05, 0.1) is 16.1 Å². The van der Waals surface area contributed by atoms with Crippen LogP contribution in [0, 0.1) is 0 Å². The van der Waals surface area contributed by atoms with Crippen molar-refractivity contribution in [2.24, 2.45) is 0 Å². The minimum Gasteiger partial charge on any atom is -0.380 e. The van der Waals surface area contributed by atoms with Crippen LogP contribution in [-0.2, 0) is 9.84 Å². The van der Waals surface area contributed by atoms with E-state index < -0.39 is 9.84 Å². The second-order valence-electron chi connectivity index (χ2n) is 7.49. The van der Waals surface area contributed by atoms with Gasteiger partial charge in [0.2, 0.25) is 0 Å². The molecule has 2 heterocycles. The third-order valence-electron chi connectivity index (χ3n) is 4.75. The van der Waals surface area contributed by atoms with Crippen LogP contribution in [0.4, 0.5) is 5.69 Å². The van der Waals surface area contributed by atoms with Gasteiger partial charge >= 0.3 is 0 Å². The number of nitrogens with one attached hydrogen (secondary N) is 1. The molecule has 152 valence electrons. The number of rotatable bonds is 5. The van der Waals surface area contributed by atoms with Crippen molar-refractivity contribution in [1.29, 1.82) is 0 Å². The lowest BCUT2D eigenvalue weighted by molar-refractivity contribution is 0.602. The largest absolute Gasteiger partial charge is 0.380 e.